The van der Waals surface area contributed by atoms with E-state index in [1.54, 1.807) is 24.3 Å². The maximum atomic E-state index is 12.1. The molecule has 0 aromatic heterocycles. The summed E-state index contributed by atoms with van der Waals surface area (Å²) in [4.78, 5) is 22.4. The molecule has 0 radical (unpaired) electrons. The number of ether oxygens (including phenoxy) is 3. The van der Waals surface area contributed by atoms with Gasteiger partial charge in [0.05, 0.1) is 11.0 Å². The number of nitro benzene ring substituents is 1. The van der Waals surface area contributed by atoms with E-state index in [0.29, 0.717) is 17.2 Å². The van der Waals surface area contributed by atoms with E-state index in [0.717, 1.165) is 25.7 Å². The lowest BCUT2D eigenvalue weighted by molar-refractivity contribution is -0.384. The van der Waals surface area contributed by atoms with Gasteiger partial charge in [0.1, 0.15) is 5.75 Å². The summed E-state index contributed by atoms with van der Waals surface area (Å²) in [7, 11) is 0. The molecule has 0 saturated heterocycles. The van der Waals surface area contributed by atoms with Crippen LogP contribution in [0.25, 0.3) is 0 Å². The number of hydrogen-bond acceptors (Lipinski definition) is 6. The molecule has 1 aliphatic heterocycles. The predicted molar refractivity (Wildman–Crippen MR) is 96.1 cm³/mol. The van der Waals surface area contributed by atoms with E-state index < -0.39 is 10.7 Å². The van der Waals surface area contributed by atoms with E-state index in [1.807, 2.05) is 0 Å². The summed E-state index contributed by atoms with van der Waals surface area (Å²) in [5, 5.41) is 13.5. The fourth-order valence-corrected chi connectivity index (χ4v) is 3.32. The van der Waals surface area contributed by atoms with Gasteiger partial charge in [0.2, 0.25) is 0 Å². The van der Waals surface area contributed by atoms with Gasteiger partial charge in [-0.3, -0.25) is 14.9 Å². The minimum absolute atomic E-state index is 0.0930. The molecule has 1 fully saturated rings. The van der Waals surface area contributed by atoms with Gasteiger partial charge < -0.3 is 19.5 Å². The molecule has 8 heteroatoms. The largest absolute Gasteiger partial charge is 0.484 e. The van der Waals surface area contributed by atoms with Gasteiger partial charge in [0.15, 0.2) is 18.1 Å². The first-order valence-corrected chi connectivity index (χ1v) is 8.72. The average molecular weight is 370 g/mol. The van der Waals surface area contributed by atoms with Gasteiger partial charge in [-0.2, -0.15) is 0 Å². The lowest BCUT2D eigenvalue weighted by Gasteiger charge is -2.21. The average Bonchev–Trinajstić information content (AvgIpc) is 3.26. The predicted octanol–water partition coefficient (Wildman–Crippen LogP) is 3.65. The minimum Gasteiger partial charge on any atom is -0.484 e. The number of carbonyl (C=O) groups excluding carboxylic acids is 1. The number of anilines is 1. The molecule has 1 N–H and O–H groups in total. The van der Waals surface area contributed by atoms with Crippen molar-refractivity contribution in [1.82, 2.24) is 0 Å². The molecular weight excluding hydrogens is 352 g/mol. The van der Waals surface area contributed by atoms with E-state index in [2.05, 4.69) is 5.32 Å². The second-order valence-electron chi connectivity index (χ2n) is 6.57. The maximum absolute atomic E-state index is 12.1. The summed E-state index contributed by atoms with van der Waals surface area (Å²) in [5.74, 6) is 0.636. The van der Waals surface area contributed by atoms with Gasteiger partial charge in [-0.25, -0.2) is 0 Å². The number of non-ortho nitro benzene ring substituents is 1. The second-order valence-corrected chi connectivity index (χ2v) is 6.57. The molecule has 1 spiro atoms. The lowest BCUT2D eigenvalue weighted by Crippen LogP contribution is -2.34. The molecule has 4 rings (SSSR count). The topological polar surface area (TPSA) is 99.9 Å². The Morgan fingerprint density at radius 1 is 1.15 bits per heavy atom. The normalized spacial score (nSPS) is 16.3. The third kappa shape index (κ3) is 3.64. The summed E-state index contributed by atoms with van der Waals surface area (Å²) >= 11 is 0. The third-order valence-corrected chi connectivity index (χ3v) is 4.58. The second kappa shape index (κ2) is 6.79. The zero-order valence-corrected chi connectivity index (χ0v) is 14.5. The Hall–Kier alpha value is -3.29. The molecule has 0 unspecified atom stereocenters. The van der Waals surface area contributed by atoms with Crippen LogP contribution in [0, 0.1) is 10.1 Å². The van der Waals surface area contributed by atoms with Gasteiger partial charge in [-0.15, -0.1) is 0 Å². The highest BCUT2D eigenvalue weighted by Gasteiger charge is 2.44. The zero-order valence-electron chi connectivity index (χ0n) is 14.5. The molecule has 1 amide bonds. The van der Waals surface area contributed by atoms with Crippen molar-refractivity contribution in [2.75, 3.05) is 11.9 Å². The van der Waals surface area contributed by atoms with Crippen molar-refractivity contribution < 1.29 is 23.9 Å². The summed E-state index contributed by atoms with van der Waals surface area (Å²) in [6, 6.07) is 10.9. The Morgan fingerprint density at radius 3 is 2.70 bits per heavy atom. The molecular formula is C19H18N2O6. The van der Waals surface area contributed by atoms with Crippen LogP contribution in [0.15, 0.2) is 42.5 Å². The monoisotopic (exact) mass is 370 g/mol. The van der Waals surface area contributed by atoms with Gasteiger partial charge in [0, 0.05) is 30.7 Å². The molecule has 27 heavy (non-hydrogen) atoms. The van der Waals surface area contributed by atoms with E-state index in [-0.39, 0.29) is 24.0 Å². The summed E-state index contributed by atoms with van der Waals surface area (Å²) in [6.07, 6.45) is 3.87. The van der Waals surface area contributed by atoms with Gasteiger partial charge in [0.25, 0.3) is 17.4 Å². The third-order valence-electron chi connectivity index (χ3n) is 4.58. The van der Waals surface area contributed by atoms with E-state index >= 15 is 0 Å². The molecule has 0 bridgehead atoms. The smallest absolute Gasteiger partial charge is 0.273 e. The standard InChI is InChI=1S/C19H18N2O6/c22-18(12-25-15-5-3-4-14(11-15)21(23)24)20-13-6-7-16-17(10-13)27-19(26-16)8-1-2-9-19/h3-7,10-11H,1-2,8-9,12H2,(H,20,22). The number of nitro groups is 1. The number of benzene rings is 2. The Morgan fingerprint density at radius 2 is 1.93 bits per heavy atom. The number of hydrogen-bond donors (Lipinski definition) is 1. The Kier molecular flexibility index (Phi) is 4.31. The molecule has 2 aromatic rings. The molecule has 2 aliphatic rings. The zero-order chi connectivity index (χ0) is 18.9. The van der Waals surface area contributed by atoms with Crippen molar-refractivity contribution in [2.24, 2.45) is 0 Å². The van der Waals surface area contributed by atoms with Crippen molar-refractivity contribution in [3.05, 3.63) is 52.6 Å². The van der Waals surface area contributed by atoms with Crippen molar-refractivity contribution in [3.8, 4) is 17.2 Å². The molecule has 0 atom stereocenters. The SMILES string of the molecule is O=C(COc1cccc([N+](=O)[O-])c1)Nc1ccc2c(c1)OC1(CCCC1)O2. The van der Waals surface area contributed by atoms with Crippen LogP contribution in [0.3, 0.4) is 0 Å². The van der Waals surface area contributed by atoms with Crippen LogP contribution in [0.1, 0.15) is 25.7 Å². The number of nitrogens with zero attached hydrogens (tertiary/aromatic N) is 1. The molecule has 8 nitrogen and oxygen atoms in total. The number of fused-ring (bicyclic) bond motifs is 1. The molecule has 1 aliphatic carbocycles. The van der Waals surface area contributed by atoms with E-state index in [4.69, 9.17) is 14.2 Å². The molecule has 1 saturated carbocycles. The van der Waals surface area contributed by atoms with Crippen molar-refractivity contribution in [3.63, 3.8) is 0 Å². The number of rotatable bonds is 5. The Balaban J connectivity index is 1.35. The van der Waals surface area contributed by atoms with E-state index in [9.17, 15) is 14.9 Å². The first-order chi connectivity index (χ1) is 13.0. The van der Waals surface area contributed by atoms with Crippen LogP contribution in [0.5, 0.6) is 17.2 Å². The number of amides is 1. The van der Waals surface area contributed by atoms with Gasteiger partial charge in [-0.05, 0) is 31.0 Å². The Labute approximate surface area is 155 Å². The van der Waals surface area contributed by atoms with Gasteiger partial charge in [-0.1, -0.05) is 6.07 Å². The molecule has 1 heterocycles. The van der Waals surface area contributed by atoms with Crippen LogP contribution < -0.4 is 19.5 Å². The minimum atomic E-state index is -0.546. The number of carbonyl (C=O) groups is 1. The van der Waals surface area contributed by atoms with Gasteiger partial charge >= 0.3 is 0 Å². The Bertz CT molecular complexity index is 892. The number of nitrogens with one attached hydrogen (secondary N) is 1. The van der Waals surface area contributed by atoms with E-state index in [1.165, 1.54) is 18.2 Å². The fraction of sp³-hybridized carbons (Fsp3) is 0.316. The lowest BCUT2D eigenvalue weighted by atomic mass is 10.2. The first kappa shape index (κ1) is 17.1. The quantitative estimate of drug-likeness (QED) is 0.637. The van der Waals surface area contributed by atoms with Crippen LogP contribution in [0.4, 0.5) is 11.4 Å². The first-order valence-electron chi connectivity index (χ1n) is 8.72. The summed E-state index contributed by atoms with van der Waals surface area (Å²) in [6.45, 7) is -0.264. The van der Waals surface area contributed by atoms with Crippen LogP contribution >= 0.6 is 0 Å². The highest BCUT2D eigenvalue weighted by atomic mass is 16.7. The van der Waals surface area contributed by atoms with Crippen molar-refractivity contribution >= 4 is 17.3 Å². The van der Waals surface area contributed by atoms with Crippen LogP contribution in [0.2, 0.25) is 0 Å². The van der Waals surface area contributed by atoms with Crippen molar-refractivity contribution in [2.45, 2.75) is 31.5 Å². The van der Waals surface area contributed by atoms with Crippen LogP contribution in [-0.4, -0.2) is 23.2 Å². The maximum Gasteiger partial charge on any atom is 0.273 e. The fourth-order valence-electron chi connectivity index (χ4n) is 3.32. The van der Waals surface area contributed by atoms with Crippen molar-refractivity contribution in [1.29, 1.82) is 0 Å². The highest BCUT2D eigenvalue weighted by Crippen LogP contribution is 2.47. The summed E-state index contributed by atoms with van der Waals surface area (Å²) in [5.41, 5.74) is 0.476. The highest BCUT2D eigenvalue weighted by molar-refractivity contribution is 5.92. The van der Waals surface area contributed by atoms with Crippen LogP contribution in [-0.2, 0) is 4.79 Å². The molecule has 2 aromatic carbocycles. The molecule has 140 valence electrons. The summed E-state index contributed by atoms with van der Waals surface area (Å²) < 4.78 is 17.2.